The maximum Gasteiger partial charge on any atom is 0.273 e. The molecule has 49 valence electrons. The van der Waals surface area contributed by atoms with Crippen molar-refractivity contribution in [3.63, 3.8) is 0 Å². The van der Waals surface area contributed by atoms with Crippen molar-refractivity contribution in [1.29, 1.82) is 0 Å². The Hall–Kier alpha value is -0.180. The number of hydrogen-bond acceptors (Lipinski definition) is 1. The summed E-state index contributed by atoms with van der Waals surface area (Å²) in [5, 5.41) is 0. The van der Waals surface area contributed by atoms with E-state index < -0.39 is 12.0 Å². The molecule has 0 bridgehead atoms. The molecule has 0 heterocycles. The van der Waals surface area contributed by atoms with Crippen LogP contribution in [0.3, 0.4) is 0 Å². The molecule has 0 aromatic rings. The first-order chi connectivity index (χ1) is 3.48. The lowest BCUT2D eigenvalue weighted by Crippen LogP contribution is -2.28. The summed E-state index contributed by atoms with van der Waals surface area (Å²) >= 11 is 0. The summed E-state index contributed by atoms with van der Waals surface area (Å²) < 4.78 is 28.1. The second-order valence-electron chi connectivity index (χ2n) is 1.64. The highest BCUT2D eigenvalue weighted by atomic mass is 19.3. The number of methoxy groups -OCH3 is 1. The van der Waals surface area contributed by atoms with Crippen LogP contribution in [-0.4, -0.2) is 19.1 Å². The summed E-state index contributed by atoms with van der Waals surface area (Å²) in [6.45, 7) is 3.85. The van der Waals surface area contributed by atoms with E-state index >= 15 is 0 Å². The first-order valence-electron chi connectivity index (χ1n) is 2.24. The van der Waals surface area contributed by atoms with Crippen LogP contribution in [0.5, 0.6) is 0 Å². The molecule has 0 aromatic heterocycles. The summed E-state index contributed by atoms with van der Waals surface area (Å²) in [5.74, 6) is -2.96. The Labute approximate surface area is 47.6 Å². The van der Waals surface area contributed by atoms with Gasteiger partial charge in [-0.15, -0.1) is 0 Å². The third-order valence-corrected chi connectivity index (χ3v) is 0.948. The maximum atomic E-state index is 11.9. The van der Waals surface area contributed by atoms with E-state index in [4.69, 9.17) is 0 Å². The zero-order valence-electron chi connectivity index (χ0n) is 4.95. The Bertz CT molecular complexity index is 67.3. The van der Waals surface area contributed by atoms with Gasteiger partial charge in [0.1, 0.15) is 6.10 Å². The zero-order valence-corrected chi connectivity index (χ0v) is 4.95. The molecule has 1 nitrogen and oxygen atoms in total. The average molecular weight is 123 g/mol. The van der Waals surface area contributed by atoms with Crippen molar-refractivity contribution in [2.45, 2.75) is 19.0 Å². The summed E-state index contributed by atoms with van der Waals surface area (Å²) in [6, 6.07) is 0. The molecule has 8 heavy (non-hydrogen) atoms. The van der Waals surface area contributed by atoms with Gasteiger partial charge in [-0.05, 0) is 6.92 Å². The van der Waals surface area contributed by atoms with E-state index in [1.807, 2.05) is 0 Å². The summed E-state index contributed by atoms with van der Waals surface area (Å²) in [6.07, 6.45) is -1.09. The van der Waals surface area contributed by atoms with Gasteiger partial charge in [0.25, 0.3) is 5.92 Å². The van der Waals surface area contributed by atoms with Crippen LogP contribution in [0.15, 0.2) is 0 Å². The fourth-order valence-corrected chi connectivity index (χ4v) is 0.172. The molecule has 1 radical (unpaired) electrons. The second kappa shape index (κ2) is 2.40. The van der Waals surface area contributed by atoms with Crippen LogP contribution in [0.4, 0.5) is 8.78 Å². The Morgan fingerprint density at radius 2 is 2.00 bits per heavy atom. The van der Waals surface area contributed by atoms with E-state index in [0.717, 1.165) is 0 Å². The quantitative estimate of drug-likeness (QED) is 0.540. The van der Waals surface area contributed by atoms with E-state index in [9.17, 15) is 8.78 Å². The van der Waals surface area contributed by atoms with E-state index in [1.54, 1.807) is 0 Å². The molecule has 3 heteroatoms. The van der Waals surface area contributed by atoms with Gasteiger partial charge in [-0.2, -0.15) is 0 Å². The lowest BCUT2D eigenvalue weighted by Gasteiger charge is -2.16. The van der Waals surface area contributed by atoms with Crippen LogP contribution in [-0.2, 0) is 4.74 Å². The molecule has 1 atom stereocenters. The van der Waals surface area contributed by atoms with Gasteiger partial charge in [0.2, 0.25) is 0 Å². The van der Waals surface area contributed by atoms with Gasteiger partial charge in [-0.3, -0.25) is 0 Å². The SMILES string of the molecule is [CH2]C(F)(F)C(C)OC. The van der Waals surface area contributed by atoms with Crippen LogP contribution in [0.25, 0.3) is 0 Å². The van der Waals surface area contributed by atoms with Crippen LogP contribution in [0.1, 0.15) is 6.92 Å². The predicted octanol–water partition coefficient (Wildman–Crippen LogP) is 1.49. The smallest absolute Gasteiger partial charge is 0.273 e. The first kappa shape index (κ1) is 7.82. The maximum absolute atomic E-state index is 11.9. The van der Waals surface area contributed by atoms with E-state index in [-0.39, 0.29) is 0 Å². The molecule has 0 aliphatic carbocycles. The number of ether oxygens (including phenoxy) is 1. The van der Waals surface area contributed by atoms with Crippen LogP contribution < -0.4 is 0 Å². The van der Waals surface area contributed by atoms with Crippen LogP contribution in [0.2, 0.25) is 0 Å². The third kappa shape index (κ3) is 2.21. The molecule has 0 spiro atoms. The van der Waals surface area contributed by atoms with E-state index in [1.165, 1.54) is 14.0 Å². The van der Waals surface area contributed by atoms with E-state index in [2.05, 4.69) is 11.7 Å². The van der Waals surface area contributed by atoms with Gasteiger partial charge in [-0.1, -0.05) is 0 Å². The molecular formula is C5H9F2O. The van der Waals surface area contributed by atoms with Crippen molar-refractivity contribution in [3.05, 3.63) is 6.92 Å². The highest BCUT2D eigenvalue weighted by Crippen LogP contribution is 2.17. The standard InChI is InChI=1S/C5H9F2O/c1-4(8-3)5(2,6)7/h4H,2H2,1,3H3. The monoisotopic (exact) mass is 123 g/mol. The molecule has 1 unspecified atom stereocenters. The van der Waals surface area contributed by atoms with Gasteiger partial charge in [0.15, 0.2) is 0 Å². The summed E-state index contributed by atoms with van der Waals surface area (Å²) in [7, 11) is 1.23. The first-order valence-corrected chi connectivity index (χ1v) is 2.24. The summed E-state index contributed by atoms with van der Waals surface area (Å²) in [5.41, 5.74) is 0. The Kier molecular flexibility index (Phi) is 2.34. The van der Waals surface area contributed by atoms with Crippen molar-refractivity contribution >= 4 is 0 Å². The molecule has 0 aliphatic rings. The fourth-order valence-electron chi connectivity index (χ4n) is 0.172. The highest BCUT2D eigenvalue weighted by Gasteiger charge is 2.29. The molecule has 0 fully saturated rings. The number of halogens is 2. The molecule has 0 aromatic carbocycles. The minimum atomic E-state index is -2.96. The number of rotatable bonds is 2. The second-order valence-corrected chi connectivity index (χ2v) is 1.64. The molecule has 0 saturated heterocycles. The minimum absolute atomic E-state index is 1.09. The molecule has 0 amide bonds. The number of hydrogen-bond donors (Lipinski definition) is 0. The topological polar surface area (TPSA) is 9.23 Å². The van der Waals surface area contributed by atoms with E-state index in [0.29, 0.717) is 0 Å². The highest BCUT2D eigenvalue weighted by molar-refractivity contribution is 4.75. The van der Waals surface area contributed by atoms with Crippen molar-refractivity contribution in [2.24, 2.45) is 0 Å². The van der Waals surface area contributed by atoms with Gasteiger partial charge in [0, 0.05) is 14.0 Å². The largest absolute Gasteiger partial charge is 0.375 e. The molecule has 0 N–H and O–H groups in total. The van der Waals surface area contributed by atoms with Gasteiger partial charge < -0.3 is 4.74 Å². The third-order valence-electron chi connectivity index (χ3n) is 0.948. The lowest BCUT2D eigenvalue weighted by atomic mass is 10.2. The predicted molar refractivity (Wildman–Crippen MR) is 26.8 cm³/mol. The molecule has 0 saturated carbocycles. The zero-order chi connectivity index (χ0) is 6.78. The van der Waals surface area contributed by atoms with Crippen molar-refractivity contribution in [3.8, 4) is 0 Å². The normalized spacial score (nSPS) is 16.1. The van der Waals surface area contributed by atoms with Crippen molar-refractivity contribution in [1.82, 2.24) is 0 Å². The van der Waals surface area contributed by atoms with Crippen LogP contribution >= 0.6 is 0 Å². The molecule has 0 rings (SSSR count). The Morgan fingerprint density at radius 1 is 1.62 bits per heavy atom. The summed E-state index contributed by atoms with van der Waals surface area (Å²) in [4.78, 5) is 0. The van der Waals surface area contributed by atoms with Crippen molar-refractivity contribution < 1.29 is 13.5 Å². The van der Waals surface area contributed by atoms with Crippen molar-refractivity contribution in [2.75, 3.05) is 7.11 Å². The molecular weight excluding hydrogens is 114 g/mol. The lowest BCUT2D eigenvalue weighted by molar-refractivity contribution is -0.0816. The van der Waals surface area contributed by atoms with Gasteiger partial charge in [-0.25, -0.2) is 8.78 Å². The Morgan fingerprint density at radius 3 is 2.00 bits per heavy atom. The minimum Gasteiger partial charge on any atom is -0.375 e. The van der Waals surface area contributed by atoms with Gasteiger partial charge in [0.05, 0.1) is 0 Å². The fraction of sp³-hybridized carbons (Fsp3) is 0.800. The van der Waals surface area contributed by atoms with Crippen LogP contribution in [0, 0.1) is 6.92 Å². The van der Waals surface area contributed by atoms with Gasteiger partial charge >= 0.3 is 0 Å². The Balaban J connectivity index is 3.62. The number of alkyl halides is 2. The molecule has 0 aliphatic heterocycles. The average Bonchev–Trinajstić information content (AvgIpc) is 1.62.